The zero-order valence-corrected chi connectivity index (χ0v) is 16.1. The van der Waals surface area contributed by atoms with Gasteiger partial charge in [-0.2, -0.15) is 0 Å². The normalized spacial score (nSPS) is 29.5. The summed E-state index contributed by atoms with van der Waals surface area (Å²) in [6.07, 6.45) is 4.19. The quantitative estimate of drug-likeness (QED) is 0.600. The predicted molar refractivity (Wildman–Crippen MR) is 100 cm³/mol. The van der Waals surface area contributed by atoms with Gasteiger partial charge >= 0.3 is 0 Å². The summed E-state index contributed by atoms with van der Waals surface area (Å²) < 4.78 is 40.8. The van der Waals surface area contributed by atoms with Crippen LogP contribution in [-0.2, 0) is 16.0 Å². The standard InChI is InChI=1S/C21H26F3N3O2/c22-14-8-16(24)15(23)5-11(14)6-17(25)13-7-12-3-4-18(27-12)20(13)19(28)9-26-21(29)10-1-2-10/h5,8,10,12-13,17-18,20,27H,1-4,6-7,9,25H2,(H,26,29)/t12?,13?,17-,18?,20?/m1/s1. The molecule has 3 fully saturated rings. The van der Waals surface area contributed by atoms with Crippen LogP contribution in [0.25, 0.3) is 0 Å². The van der Waals surface area contributed by atoms with Crippen molar-refractivity contribution < 1.29 is 22.8 Å². The molecule has 3 aliphatic rings. The number of carbonyl (C=O) groups excluding carboxylic acids is 2. The fourth-order valence-electron chi connectivity index (χ4n) is 4.90. The summed E-state index contributed by atoms with van der Waals surface area (Å²) in [6.45, 7) is -0.0361. The van der Waals surface area contributed by atoms with Crippen molar-refractivity contribution in [2.45, 2.75) is 56.7 Å². The summed E-state index contributed by atoms with van der Waals surface area (Å²) in [5.41, 5.74) is 6.39. The van der Waals surface area contributed by atoms with Crippen LogP contribution in [0, 0.1) is 35.2 Å². The molecule has 2 aliphatic heterocycles. The molecule has 29 heavy (non-hydrogen) atoms. The van der Waals surface area contributed by atoms with E-state index in [1.54, 1.807) is 0 Å². The maximum absolute atomic E-state index is 14.1. The summed E-state index contributed by atoms with van der Waals surface area (Å²) in [5, 5.41) is 6.17. The molecule has 2 bridgehead atoms. The fraction of sp³-hybridized carbons (Fsp3) is 0.619. The van der Waals surface area contributed by atoms with E-state index in [9.17, 15) is 22.8 Å². The van der Waals surface area contributed by atoms with E-state index < -0.39 is 29.4 Å². The van der Waals surface area contributed by atoms with Crippen LogP contribution in [0.1, 0.15) is 37.7 Å². The number of ketones is 1. The van der Waals surface area contributed by atoms with Crippen molar-refractivity contribution >= 4 is 11.7 Å². The average Bonchev–Trinajstić information content (AvgIpc) is 3.47. The molecule has 1 saturated carbocycles. The van der Waals surface area contributed by atoms with Crippen LogP contribution in [0.2, 0.25) is 0 Å². The number of benzene rings is 1. The zero-order chi connectivity index (χ0) is 20.7. The third-order valence-corrected chi connectivity index (χ3v) is 6.58. The van der Waals surface area contributed by atoms with Gasteiger partial charge in [0.15, 0.2) is 17.4 Å². The Morgan fingerprint density at radius 1 is 1.10 bits per heavy atom. The number of nitrogens with two attached hydrogens (primary N) is 1. The van der Waals surface area contributed by atoms with Crippen LogP contribution in [0.3, 0.4) is 0 Å². The third kappa shape index (κ3) is 4.33. The topological polar surface area (TPSA) is 84.2 Å². The lowest BCUT2D eigenvalue weighted by molar-refractivity contribution is -0.129. The molecular weight excluding hydrogens is 383 g/mol. The SMILES string of the molecule is N[C@H](Cc1cc(F)c(F)cc1F)C1CC2CCC(N2)C1C(=O)CNC(=O)C1CC1. The van der Waals surface area contributed by atoms with Gasteiger partial charge in [-0.3, -0.25) is 9.59 Å². The van der Waals surface area contributed by atoms with Crippen LogP contribution >= 0.6 is 0 Å². The van der Waals surface area contributed by atoms with Crippen LogP contribution in [0.5, 0.6) is 0 Å². The van der Waals surface area contributed by atoms with Crippen molar-refractivity contribution in [3.8, 4) is 0 Å². The Labute approximate surface area is 167 Å². The number of hydrogen-bond acceptors (Lipinski definition) is 4. The second-order valence-corrected chi connectivity index (χ2v) is 8.66. The molecular formula is C21H26F3N3O2. The number of hydrogen-bond donors (Lipinski definition) is 3. The summed E-state index contributed by atoms with van der Waals surface area (Å²) in [7, 11) is 0. The molecule has 1 aromatic rings. The van der Waals surface area contributed by atoms with Crippen LogP contribution in [0.4, 0.5) is 13.2 Å². The molecule has 5 nitrogen and oxygen atoms in total. The van der Waals surface area contributed by atoms with Crippen LogP contribution in [-0.4, -0.2) is 36.4 Å². The number of piperidine rings is 1. The molecule has 0 spiro atoms. The van der Waals surface area contributed by atoms with Gasteiger partial charge in [0.2, 0.25) is 5.91 Å². The van der Waals surface area contributed by atoms with Gasteiger partial charge in [-0.1, -0.05) is 0 Å². The Balaban J connectivity index is 1.47. The second kappa shape index (κ2) is 8.07. The summed E-state index contributed by atoms with van der Waals surface area (Å²) in [6, 6.07) is 1.01. The maximum atomic E-state index is 14.1. The average molecular weight is 409 g/mol. The molecule has 0 radical (unpaired) electrons. The van der Waals surface area contributed by atoms with E-state index in [-0.39, 0.29) is 54.1 Å². The highest BCUT2D eigenvalue weighted by molar-refractivity contribution is 5.89. The van der Waals surface area contributed by atoms with Crippen molar-refractivity contribution in [2.24, 2.45) is 23.5 Å². The lowest BCUT2D eigenvalue weighted by Gasteiger charge is -2.40. The first-order valence-corrected chi connectivity index (χ1v) is 10.3. The highest BCUT2D eigenvalue weighted by Crippen LogP contribution is 2.38. The first kappa shape index (κ1) is 20.3. The van der Waals surface area contributed by atoms with Gasteiger partial charge in [0.05, 0.1) is 6.54 Å². The monoisotopic (exact) mass is 409 g/mol. The van der Waals surface area contributed by atoms with Gasteiger partial charge in [0.25, 0.3) is 0 Å². The van der Waals surface area contributed by atoms with Crippen molar-refractivity contribution in [1.29, 1.82) is 0 Å². The van der Waals surface area contributed by atoms with E-state index in [0.29, 0.717) is 12.5 Å². The lowest BCUT2D eigenvalue weighted by atomic mass is 9.73. The van der Waals surface area contributed by atoms with Crippen LogP contribution < -0.4 is 16.4 Å². The van der Waals surface area contributed by atoms with Gasteiger partial charge in [-0.25, -0.2) is 13.2 Å². The van der Waals surface area contributed by atoms with E-state index >= 15 is 0 Å². The van der Waals surface area contributed by atoms with Gasteiger partial charge in [0, 0.05) is 36.0 Å². The molecule has 0 aromatic heterocycles. The summed E-state index contributed by atoms with van der Waals surface area (Å²) in [5.74, 6) is -3.94. The second-order valence-electron chi connectivity index (χ2n) is 8.66. The molecule has 2 saturated heterocycles. The molecule has 2 heterocycles. The number of Topliss-reactive ketones (excluding diaryl/α,β-unsaturated/α-hetero) is 1. The minimum atomic E-state index is -1.24. The molecule has 158 valence electrons. The molecule has 8 heteroatoms. The highest BCUT2D eigenvalue weighted by Gasteiger charge is 2.47. The first-order chi connectivity index (χ1) is 13.8. The third-order valence-electron chi connectivity index (χ3n) is 6.58. The molecule has 5 atom stereocenters. The number of nitrogens with one attached hydrogen (secondary N) is 2. The maximum Gasteiger partial charge on any atom is 0.223 e. The van der Waals surface area contributed by atoms with Crippen molar-refractivity contribution in [2.75, 3.05) is 6.54 Å². The van der Waals surface area contributed by atoms with Gasteiger partial charge in [-0.05, 0) is 56.1 Å². The van der Waals surface area contributed by atoms with Gasteiger partial charge in [-0.15, -0.1) is 0 Å². The molecule has 4 rings (SSSR count). The minimum absolute atomic E-state index is 0.00974. The molecule has 1 aromatic carbocycles. The van der Waals surface area contributed by atoms with E-state index in [1.165, 1.54) is 0 Å². The number of rotatable bonds is 7. The van der Waals surface area contributed by atoms with E-state index in [0.717, 1.165) is 31.7 Å². The smallest absolute Gasteiger partial charge is 0.223 e. The van der Waals surface area contributed by atoms with Crippen molar-refractivity contribution in [1.82, 2.24) is 10.6 Å². The Morgan fingerprint density at radius 2 is 1.83 bits per heavy atom. The van der Waals surface area contributed by atoms with E-state index in [1.807, 2.05) is 0 Å². The molecule has 4 unspecified atom stereocenters. The highest BCUT2D eigenvalue weighted by atomic mass is 19.2. The summed E-state index contributed by atoms with van der Waals surface area (Å²) in [4.78, 5) is 24.9. The van der Waals surface area contributed by atoms with Crippen molar-refractivity contribution in [3.63, 3.8) is 0 Å². The number of amides is 1. The molecule has 1 amide bonds. The summed E-state index contributed by atoms with van der Waals surface area (Å²) >= 11 is 0. The Morgan fingerprint density at radius 3 is 2.55 bits per heavy atom. The number of fused-ring (bicyclic) bond motifs is 2. The minimum Gasteiger partial charge on any atom is -0.349 e. The number of halogens is 3. The molecule has 4 N–H and O–H groups in total. The number of carbonyl (C=O) groups is 2. The lowest BCUT2D eigenvalue weighted by Crippen LogP contribution is -2.55. The molecule has 1 aliphatic carbocycles. The fourth-order valence-corrected chi connectivity index (χ4v) is 4.90. The van der Waals surface area contributed by atoms with E-state index in [2.05, 4.69) is 10.6 Å². The predicted octanol–water partition coefficient (Wildman–Crippen LogP) is 1.83. The Bertz CT molecular complexity index is 815. The van der Waals surface area contributed by atoms with Gasteiger partial charge in [0.1, 0.15) is 5.82 Å². The van der Waals surface area contributed by atoms with Gasteiger partial charge < -0.3 is 16.4 Å². The van der Waals surface area contributed by atoms with Crippen molar-refractivity contribution in [3.05, 3.63) is 35.1 Å². The van der Waals surface area contributed by atoms with E-state index in [4.69, 9.17) is 5.73 Å². The Hall–Kier alpha value is -1.93. The zero-order valence-electron chi connectivity index (χ0n) is 16.1. The van der Waals surface area contributed by atoms with Crippen LogP contribution in [0.15, 0.2) is 12.1 Å². The first-order valence-electron chi connectivity index (χ1n) is 10.3. The Kier molecular flexibility index (Phi) is 5.66. The largest absolute Gasteiger partial charge is 0.349 e.